The normalized spacial score (nSPS) is 37.8. The van der Waals surface area contributed by atoms with Gasteiger partial charge in [-0.25, -0.2) is 0 Å². The topological polar surface area (TPSA) is 21.8 Å². The van der Waals surface area contributed by atoms with Crippen LogP contribution < -0.4 is 4.74 Å². The zero-order valence-electron chi connectivity index (χ0n) is 13.8. The van der Waals surface area contributed by atoms with Crippen LogP contribution in [0.3, 0.4) is 0 Å². The van der Waals surface area contributed by atoms with E-state index >= 15 is 0 Å². The van der Waals surface area contributed by atoms with Gasteiger partial charge in [-0.15, -0.1) is 0 Å². The quantitative estimate of drug-likeness (QED) is 0.736. The lowest BCUT2D eigenvalue weighted by molar-refractivity contribution is 0.0718. The number of benzene rings is 1. The van der Waals surface area contributed by atoms with Crippen LogP contribution in [0.1, 0.15) is 63.9 Å². The van der Waals surface area contributed by atoms with Crippen LogP contribution in [0, 0.1) is 11.8 Å². The number of epoxide rings is 1. The number of fused-ring (bicyclic) bond motifs is 2. The highest BCUT2D eigenvalue weighted by Crippen LogP contribution is 2.48. The second kappa shape index (κ2) is 5.88. The fraction of sp³-hybridized carbons (Fsp3) is 0.700. The molecule has 1 heterocycles. The van der Waals surface area contributed by atoms with E-state index in [9.17, 15) is 0 Å². The van der Waals surface area contributed by atoms with Crippen molar-refractivity contribution in [2.75, 3.05) is 0 Å². The van der Waals surface area contributed by atoms with E-state index in [0.717, 1.165) is 17.6 Å². The summed E-state index contributed by atoms with van der Waals surface area (Å²) in [5, 5.41) is 0. The number of ether oxygens (including phenoxy) is 2. The predicted octanol–water partition coefficient (Wildman–Crippen LogP) is 4.93. The molecule has 3 aliphatic rings. The van der Waals surface area contributed by atoms with Crippen molar-refractivity contribution in [1.82, 2.24) is 0 Å². The van der Waals surface area contributed by atoms with Crippen molar-refractivity contribution in [1.29, 1.82) is 0 Å². The van der Waals surface area contributed by atoms with Gasteiger partial charge in [0, 0.05) is 0 Å². The first-order chi connectivity index (χ1) is 10.7. The van der Waals surface area contributed by atoms with Crippen molar-refractivity contribution < 1.29 is 9.47 Å². The van der Waals surface area contributed by atoms with Gasteiger partial charge in [-0.1, -0.05) is 26.0 Å². The minimum Gasteiger partial charge on any atom is -0.490 e. The number of hydrogen-bond acceptors (Lipinski definition) is 2. The molecule has 0 spiro atoms. The largest absolute Gasteiger partial charge is 0.490 e. The molecule has 1 aliphatic heterocycles. The molecule has 0 N–H and O–H groups in total. The maximum absolute atomic E-state index is 6.28. The van der Waals surface area contributed by atoms with E-state index in [1.807, 2.05) is 0 Å². The fourth-order valence-corrected chi connectivity index (χ4v) is 4.48. The van der Waals surface area contributed by atoms with E-state index in [0.29, 0.717) is 24.2 Å². The Morgan fingerprint density at radius 3 is 2.50 bits per heavy atom. The van der Waals surface area contributed by atoms with Crippen LogP contribution in [0.4, 0.5) is 0 Å². The van der Waals surface area contributed by atoms with E-state index in [2.05, 4.69) is 38.1 Å². The molecule has 22 heavy (non-hydrogen) atoms. The molecule has 6 unspecified atom stereocenters. The number of hydrogen-bond donors (Lipinski definition) is 0. The molecule has 1 saturated heterocycles. The summed E-state index contributed by atoms with van der Waals surface area (Å²) >= 11 is 0. The van der Waals surface area contributed by atoms with Crippen molar-refractivity contribution in [3.05, 3.63) is 29.8 Å². The minimum absolute atomic E-state index is 0.408. The molecule has 0 radical (unpaired) electrons. The average Bonchev–Trinajstić information content (AvgIpc) is 3.30. The number of rotatable bonds is 4. The Labute approximate surface area is 134 Å². The zero-order valence-corrected chi connectivity index (χ0v) is 13.8. The molecule has 120 valence electrons. The maximum atomic E-state index is 6.28. The summed E-state index contributed by atoms with van der Waals surface area (Å²) in [5.41, 5.74) is 1.42. The van der Waals surface area contributed by atoms with Crippen LogP contribution in [0.5, 0.6) is 5.75 Å². The molecule has 0 aromatic heterocycles. The highest BCUT2D eigenvalue weighted by Gasteiger charge is 2.49. The van der Waals surface area contributed by atoms with Crippen molar-refractivity contribution in [3.63, 3.8) is 0 Å². The summed E-state index contributed by atoms with van der Waals surface area (Å²) in [7, 11) is 0. The first kappa shape index (κ1) is 14.6. The second-order valence-corrected chi connectivity index (χ2v) is 7.64. The highest BCUT2D eigenvalue weighted by molar-refractivity contribution is 5.29. The summed E-state index contributed by atoms with van der Waals surface area (Å²) in [4.78, 5) is 0. The molecule has 6 atom stereocenters. The van der Waals surface area contributed by atoms with Crippen LogP contribution in [-0.4, -0.2) is 18.3 Å². The Bertz CT molecular complexity index is 509. The first-order valence-corrected chi connectivity index (χ1v) is 9.15. The van der Waals surface area contributed by atoms with Crippen molar-refractivity contribution in [2.45, 2.75) is 76.6 Å². The second-order valence-electron chi connectivity index (χ2n) is 7.64. The summed E-state index contributed by atoms with van der Waals surface area (Å²) in [6.07, 6.45) is 9.17. The van der Waals surface area contributed by atoms with E-state index in [1.165, 1.54) is 44.1 Å². The molecular weight excluding hydrogens is 272 g/mol. The van der Waals surface area contributed by atoms with Gasteiger partial charge in [0.25, 0.3) is 0 Å². The molecule has 0 amide bonds. The molecule has 2 aliphatic carbocycles. The average molecular weight is 300 g/mol. The Hall–Kier alpha value is -1.02. The van der Waals surface area contributed by atoms with E-state index in [1.54, 1.807) is 0 Å². The van der Waals surface area contributed by atoms with Gasteiger partial charge in [-0.2, -0.15) is 0 Å². The summed E-state index contributed by atoms with van der Waals surface area (Å²) < 4.78 is 12.0. The molecular formula is C20H28O2. The van der Waals surface area contributed by atoms with Crippen LogP contribution in [-0.2, 0) is 4.74 Å². The highest BCUT2D eigenvalue weighted by atomic mass is 16.6. The maximum Gasteiger partial charge on any atom is 0.119 e. The summed E-state index contributed by atoms with van der Waals surface area (Å²) in [6, 6.07) is 8.79. The van der Waals surface area contributed by atoms with Crippen LogP contribution in [0.25, 0.3) is 0 Å². The molecule has 2 saturated carbocycles. The van der Waals surface area contributed by atoms with Crippen molar-refractivity contribution in [2.24, 2.45) is 11.8 Å². The fourth-order valence-electron chi connectivity index (χ4n) is 4.48. The van der Waals surface area contributed by atoms with Gasteiger partial charge in [0.1, 0.15) is 5.75 Å². The van der Waals surface area contributed by atoms with Crippen LogP contribution in [0.15, 0.2) is 24.3 Å². The zero-order chi connectivity index (χ0) is 15.1. The monoisotopic (exact) mass is 300 g/mol. The van der Waals surface area contributed by atoms with Crippen molar-refractivity contribution in [3.8, 4) is 5.75 Å². The Morgan fingerprint density at radius 2 is 1.77 bits per heavy atom. The summed E-state index contributed by atoms with van der Waals surface area (Å²) in [6.45, 7) is 4.53. The molecule has 2 heteroatoms. The molecule has 2 nitrogen and oxygen atoms in total. The smallest absolute Gasteiger partial charge is 0.119 e. The lowest BCUT2D eigenvalue weighted by Gasteiger charge is -2.37. The van der Waals surface area contributed by atoms with Crippen LogP contribution >= 0.6 is 0 Å². The standard InChI is InChI=1S/C20H28O2/c1-3-13(2)14-4-7-17(8-5-14)21-18-9-6-15-11-19-20(22-19)12-16(15)10-18/h4-5,7-8,13,15-16,18-20H,3,6,9-12H2,1-2H3. The molecule has 1 aromatic carbocycles. The van der Waals surface area contributed by atoms with Gasteiger partial charge in [0.2, 0.25) is 0 Å². The van der Waals surface area contributed by atoms with E-state index < -0.39 is 0 Å². The Kier molecular flexibility index (Phi) is 3.89. The third-order valence-electron chi connectivity index (χ3n) is 6.21. The third-order valence-corrected chi connectivity index (χ3v) is 6.21. The molecule has 1 aromatic rings. The van der Waals surface area contributed by atoms with E-state index in [-0.39, 0.29) is 0 Å². The SMILES string of the molecule is CCC(C)c1ccc(OC2CCC3CC4OC4CC3C2)cc1. The third kappa shape index (κ3) is 2.90. The van der Waals surface area contributed by atoms with E-state index in [4.69, 9.17) is 9.47 Å². The molecule has 3 fully saturated rings. The van der Waals surface area contributed by atoms with Gasteiger partial charge in [-0.3, -0.25) is 0 Å². The summed E-state index contributed by atoms with van der Waals surface area (Å²) in [5.74, 6) is 3.42. The van der Waals surface area contributed by atoms with Crippen LogP contribution in [0.2, 0.25) is 0 Å². The van der Waals surface area contributed by atoms with Gasteiger partial charge in [0.15, 0.2) is 0 Å². The molecule has 0 bridgehead atoms. The predicted molar refractivity (Wildman–Crippen MR) is 88.3 cm³/mol. The lowest BCUT2D eigenvalue weighted by Crippen LogP contribution is -2.35. The van der Waals surface area contributed by atoms with Gasteiger partial charge in [-0.05, 0) is 74.0 Å². The Balaban J connectivity index is 1.35. The van der Waals surface area contributed by atoms with Crippen molar-refractivity contribution >= 4 is 0 Å². The van der Waals surface area contributed by atoms with Gasteiger partial charge in [0.05, 0.1) is 18.3 Å². The Morgan fingerprint density at radius 1 is 1.05 bits per heavy atom. The lowest BCUT2D eigenvalue weighted by atomic mass is 9.70. The first-order valence-electron chi connectivity index (χ1n) is 9.15. The van der Waals surface area contributed by atoms with Gasteiger partial charge < -0.3 is 9.47 Å². The minimum atomic E-state index is 0.408. The van der Waals surface area contributed by atoms with Gasteiger partial charge >= 0.3 is 0 Å². The molecule has 4 rings (SSSR count).